The molecule has 3 aromatic rings. The molecule has 0 radical (unpaired) electrons. The van der Waals surface area contributed by atoms with Gasteiger partial charge in [0.05, 0.1) is 6.04 Å². The van der Waals surface area contributed by atoms with E-state index in [-0.39, 0.29) is 22.9 Å². The molecule has 3 aromatic carbocycles. The average Bonchev–Trinajstić information content (AvgIpc) is 3.41. The van der Waals surface area contributed by atoms with E-state index in [1.54, 1.807) is 0 Å². The van der Waals surface area contributed by atoms with E-state index in [1.165, 1.54) is 44.7 Å². The Hall–Kier alpha value is -2.71. The second kappa shape index (κ2) is 10.3. The minimum absolute atomic E-state index is 0.215. The molecule has 0 aromatic heterocycles. The van der Waals surface area contributed by atoms with Crippen molar-refractivity contribution in [2.75, 3.05) is 0 Å². The molecule has 2 aliphatic carbocycles. The molecule has 190 valence electrons. The molecular formula is C34H44N2. The summed E-state index contributed by atoms with van der Waals surface area (Å²) in [6, 6.07) is 24.8. The van der Waals surface area contributed by atoms with Gasteiger partial charge < -0.3 is 5.73 Å². The van der Waals surface area contributed by atoms with Gasteiger partial charge in [0.15, 0.2) is 0 Å². The summed E-state index contributed by atoms with van der Waals surface area (Å²) in [5.74, 6) is 0. The highest BCUT2D eigenvalue weighted by Crippen LogP contribution is 2.33. The predicted octanol–water partition coefficient (Wildman–Crippen LogP) is 8.41. The molecule has 0 amide bonds. The van der Waals surface area contributed by atoms with Crippen LogP contribution in [0, 0.1) is 0 Å². The molecule has 36 heavy (non-hydrogen) atoms. The fourth-order valence-electron chi connectivity index (χ4n) is 5.23. The molecule has 0 aliphatic heterocycles. The maximum atomic E-state index is 6.01. The van der Waals surface area contributed by atoms with Crippen LogP contribution in [-0.4, -0.2) is 5.71 Å². The van der Waals surface area contributed by atoms with Gasteiger partial charge in [-0.15, -0.1) is 0 Å². The Labute approximate surface area is 219 Å². The van der Waals surface area contributed by atoms with Gasteiger partial charge in [0.2, 0.25) is 0 Å². The van der Waals surface area contributed by atoms with Crippen LogP contribution in [0.25, 0.3) is 0 Å². The molecule has 2 heteroatoms. The highest BCUT2D eigenvalue weighted by molar-refractivity contribution is 6.04. The first kappa shape index (κ1) is 26.4. The average molecular weight is 481 g/mol. The smallest absolute Gasteiger partial charge is 0.0724 e. The van der Waals surface area contributed by atoms with E-state index >= 15 is 0 Å². The normalized spacial score (nSPS) is 18.9. The predicted molar refractivity (Wildman–Crippen MR) is 155 cm³/mol. The lowest BCUT2D eigenvalue weighted by Gasteiger charge is -2.20. The molecule has 0 saturated carbocycles. The summed E-state index contributed by atoms with van der Waals surface area (Å²) >= 11 is 0. The quantitative estimate of drug-likeness (QED) is 0.393. The third kappa shape index (κ3) is 5.98. The Morgan fingerprint density at radius 2 is 1.36 bits per heavy atom. The lowest BCUT2D eigenvalue weighted by molar-refractivity contribution is 0.589. The summed E-state index contributed by atoms with van der Waals surface area (Å²) in [5.41, 5.74) is 17.5. The number of aryl methyl sites for hydroxylation is 2. The maximum Gasteiger partial charge on any atom is 0.0724 e. The SMILES string of the molecule is CC(C)(C)c1ccc2c(c1)CC[C@H]2N.C[C@@H](N=C1CCc2cc(C(C)(C)C)ccc21)c1ccccc1. The molecule has 2 N–H and O–H groups in total. The summed E-state index contributed by atoms with van der Waals surface area (Å²) < 4.78 is 0. The van der Waals surface area contributed by atoms with Crippen LogP contribution in [0.15, 0.2) is 71.7 Å². The third-order valence-corrected chi connectivity index (χ3v) is 7.68. The van der Waals surface area contributed by atoms with Crippen molar-refractivity contribution in [1.29, 1.82) is 0 Å². The van der Waals surface area contributed by atoms with Crippen molar-refractivity contribution in [3.05, 3.63) is 106 Å². The van der Waals surface area contributed by atoms with Crippen molar-refractivity contribution in [1.82, 2.24) is 0 Å². The molecular weight excluding hydrogens is 436 g/mol. The number of hydrogen-bond acceptors (Lipinski definition) is 2. The van der Waals surface area contributed by atoms with Crippen LogP contribution in [0.4, 0.5) is 0 Å². The van der Waals surface area contributed by atoms with Crippen molar-refractivity contribution in [2.45, 2.75) is 97.1 Å². The van der Waals surface area contributed by atoms with Crippen LogP contribution in [0.1, 0.15) is 112 Å². The molecule has 2 aliphatic rings. The molecule has 0 spiro atoms. The van der Waals surface area contributed by atoms with Crippen molar-refractivity contribution in [2.24, 2.45) is 10.7 Å². The van der Waals surface area contributed by atoms with E-state index in [1.807, 2.05) is 0 Å². The molecule has 0 bridgehead atoms. The van der Waals surface area contributed by atoms with E-state index in [0.717, 1.165) is 25.7 Å². The van der Waals surface area contributed by atoms with Crippen molar-refractivity contribution >= 4 is 5.71 Å². The number of nitrogens with zero attached hydrogens (tertiary/aromatic N) is 1. The fraction of sp³-hybridized carbons (Fsp3) is 0.441. The number of hydrogen-bond donors (Lipinski definition) is 1. The zero-order valence-corrected chi connectivity index (χ0v) is 23.4. The Kier molecular flexibility index (Phi) is 7.57. The number of benzene rings is 3. The maximum absolute atomic E-state index is 6.01. The molecule has 0 saturated heterocycles. The van der Waals surface area contributed by atoms with Gasteiger partial charge in [-0.2, -0.15) is 0 Å². The Balaban J connectivity index is 0.000000187. The highest BCUT2D eigenvalue weighted by Gasteiger charge is 2.23. The van der Waals surface area contributed by atoms with E-state index < -0.39 is 0 Å². The van der Waals surface area contributed by atoms with Crippen molar-refractivity contribution in [3.8, 4) is 0 Å². The van der Waals surface area contributed by atoms with Crippen LogP contribution < -0.4 is 5.73 Å². The van der Waals surface area contributed by atoms with Crippen LogP contribution in [0.3, 0.4) is 0 Å². The van der Waals surface area contributed by atoms with Gasteiger partial charge in [-0.1, -0.05) is 108 Å². The summed E-state index contributed by atoms with van der Waals surface area (Å²) in [4.78, 5) is 5.00. The Bertz CT molecular complexity index is 1220. The zero-order chi connectivity index (χ0) is 26.1. The lowest BCUT2D eigenvalue weighted by atomic mass is 9.85. The zero-order valence-electron chi connectivity index (χ0n) is 23.4. The van der Waals surface area contributed by atoms with Gasteiger partial charge in [0.25, 0.3) is 0 Å². The Morgan fingerprint density at radius 3 is 2.00 bits per heavy atom. The van der Waals surface area contributed by atoms with E-state index in [9.17, 15) is 0 Å². The van der Waals surface area contributed by atoms with E-state index in [4.69, 9.17) is 10.7 Å². The molecule has 2 nitrogen and oxygen atoms in total. The standard InChI is InChI=1S/C21H25N.C13H19N/c1-15(16-8-6-5-7-9-16)22-20-13-10-17-14-18(21(2,3)4)11-12-19(17)20;1-13(2,3)10-5-6-11-9(8-10)4-7-12(11)14/h5-9,11-12,14-15H,10,13H2,1-4H3;5-6,8,12H,4,7,14H2,1-3H3/t15-;12-/m11/s1. The highest BCUT2D eigenvalue weighted by atomic mass is 14.8. The van der Waals surface area contributed by atoms with Crippen molar-refractivity contribution in [3.63, 3.8) is 0 Å². The number of fused-ring (bicyclic) bond motifs is 2. The summed E-state index contributed by atoms with van der Waals surface area (Å²) in [5, 5.41) is 0. The van der Waals surface area contributed by atoms with Crippen LogP contribution in [0.5, 0.6) is 0 Å². The van der Waals surface area contributed by atoms with E-state index in [2.05, 4.69) is 115 Å². The largest absolute Gasteiger partial charge is 0.324 e. The summed E-state index contributed by atoms with van der Waals surface area (Å²) in [6.45, 7) is 15.8. The van der Waals surface area contributed by atoms with Gasteiger partial charge in [0.1, 0.15) is 0 Å². The first-order valence-electron chi connectivity index (χ1n) is 13.6. The molecule has 0 unspecified atom stereocenters. The molecule has 0 heterocycles. The number of rotatable bonds is 2. The minimum atomic E-state index is 0.215. The first-order valence-corrected chi connectivity index (χ1v) is 13.6. The number of nitrogens with two attached hydrogens (primary N) is 1. The van der Waals surface area contributed by atoms with Gasteiger partial charge in [-0.05, 0) is 82.4 Å². The topological polar surface area (TPSA) is 38.4 Å². The minimum Gasteiger partial charge on any atom is -0.324 e. The summed E-state index contributed by atoms with van der Waals surface area (Å²) in [7, 11) is 0. The van der Waals surface area contributed by atoms with Gasteiger partial charge >= 0.3 is 0 Å². The van der Waals surface area contributed by atoms with Gasteiger partial charge in [0, 0.05) is 11.8 Å². The van der Waals surface area contributed by atoms with Gasteiger partial charge in [-0.25, -0.2) is 0 Å². The molecule has 0 fully saturated rings. The fourth-order valence-corrected chi connectivity index (χ4v) is 5.23. The first-order chi connectivity index (χ1) is 16.9. The lowest BCUT2D eigenvalue weighted by Crippen LogP contribution is -2.12. The van der Waals surface area contributed by atoms with Gasteiger partial charge in [-0.3, -0.25) is 4.99 Å². The third-order valence-electron chi connectivity index (χ3n) is 7.68. The monoisotopic (exact) mass is 480 g/mol. The second-order valence-electron chi connectivity index (χ2n) is 12.6. The molecule has 2 atom stereocenters. The second-order valence-corrected chi connectivity index (χ2v) is 12.6. The van der Waals surface area contributed by atoms with Crippen LogP contribution in [0.2, 0.25) is 0 Å². The summed E-state index contributed by atoms with van der Waals surface area (Å²) in [6.07, 6.45) is 4.46. The van der Waals surface area contributed by atoms with E-state index in [0.29, 0.717) is 0 Å². The molecule has 5 rings (SSSR count). The van der Waals surface area contributed by atoms with Crippen LogP contribution in [-0.2, 0) is 23.7 Å². The Morgan fingerprint density at radius 1 is 0.750 bits per heavy atom. The van der Waals surface area contributed by atoms with Crippen LogP contribution >= 0.6 is 0 Å². The van der Waals surface area contributed by atoms with Crippen molar-refractivity contribution < 1.29 is 0 Å². The number of aliphatic imine (C=N–C) groups is 1.